The molecule has 0 saturated carbocycles. The van der Waals surface area contributed by atoms with E-state index in [0.717, 1.165) is 16.8 Å². The molecule has 4 rings (SSSR count). The topological polar surface area (TPSA) is 76.0 Å². The molecular formula is C25H22N4O2. The van der Waals surface area contributed by atoms with Crippen molar-refractivity contribution in [1.29, 1.82) is 0 Å². The molecule has 2 amide bonds. The van der Waals surface area contributed by atoms with Gasteiger partial charge in [-0.15, -0.1) is 0 Å². The molecule has 6 heteroatoms. The average molecular weight is 410 g/mol. The summed E-state index contributed by atoms with van der Waals surface area (Å²) >= 11 is 0. The zero-order chi connectivity index (χ0) is 21.8. The number of carbonyl (C=O) groups excluding carboxylic acids is 2. The molecule has 6 nitrogen and oxygen atoms in total. The number of nitrogens with one attached hydrogen (secondary N) is 2. The van der Waals surface area contributed by atoms with E-state index < -0.39 is 0 Å². The highest BCUT2D eigenvalue weighted by Gasteiger charge is 2.12. The minimum Gasteiger partial charge on any atom is -0.322 e. The molecule has 4 aromatic rings. The van der Waals surface area contributed by atoms with Gasteiger partial charge in [0.25, 0.3) is 11.8 Å². The van der Waals surface area contributed by atoms with Crippen molar-refractivity contribution in [3.8, 4) is 11.3 Å². The van der Waals surface area contributed by atoms with Crippen molar-refractivity contribution in [3.63, 3.8) is 0 Å². The van der Waals surface area contributed by atoms with Gasteiger partial charge in [-0.1, -0.05) is 48.0 Å². The quantitative estimate of drug-likeness (QED) is 0.491. The molecule has 0 radical (unpaired) electrons. The molecule has 0 aliphatic heterocycles. The lowest BCUT2D eigenvalue weighted by molar-refractivity contribution is 0.101. The predicted molar refractivity (Wildman–Crippen MR) is 122 cm³/mol. The Morgan fingerprint density at radius 2 is 1.39 bits per heavy atom. The molecule has 0 atom stereocenters. The smallest absolute Gasteiger partial charge is 0.256 e. The molecule has 154 valence electrons. The van der Waals surface area contributed by atoms with Crippen LogP contribution in [0.4, 0.5) is 11.5 Å². The number of hydrogen-bond donors (Lipinski definition) is 2. The van der Waals surface area contributed by atoms with E-state index in [9.17, 15) is 9.59 Å². The van der Waals surface area contributed by atoms with Crippen LogP contribution >= 0.6 is 0 Å². The number of aromatic nitrogens is 2. The highest BCUT2D eigenvalue weighted by molar-refractivity contribution is 6.05. The number of rotatable bonds is 5. The Morgan fingerprint density at radius 3 is 2.06 bits per heavy atom. The Kier molecular flexibility index (Phi) is 5.62. The van der Waals surface area contributed by atoms with Crippen LogP contribution in [0, 0.1) is 6.92 Å². The Hall–Kier alpha value is -4.19. The normalized spacial score (nSPS) is 10.5. The third-order valence-corrected chi connectivity index (χ3v) is 4.91. The van der Waals surface area contributed by atoms with E-state index in [1.54, 1.807) is 36.0 Å². The zero-order valence-electron chi connectivity index (χ0n) is 17.3. The van der Waals surface area contributed by atoms with Crippen molar-refractivity contribution in [2.75, 3.05) is 10.6 Å². The van der Waals surface area contributed by atoms with Crippen molar-refractivity contribution in [1.82, 2.24) is 9.78 Å². The number of anilines is 2. The molecular weight excluding hydrogens is 388 g/mol. The highest BCUT2D eigenvalue weighted by atomic mass is 16.2. The molecule has 0 aliphatic rings. The van der Waals surface area contributed by atoms with E-state index in [-0.39, 0.29) is 11.8 Å². The number of aryl methyl sites for hydroxylation is 2. The van der Waals surface area contributed by atoms with E-state index in [1.807, 2.05) is 67.6 Å². The molecule has 0 aliphatic carbocycles. The highest BCUT2D eigenvalue weighted by Crippen LogP contribution is 2.24. The van der Waals surface area contributed by atoms with Crippen LogP contribution in [0.1, 0.15) is 26.3 Å². The molecule has 0 spiro atoms. The molecule has 0 bridgehead atoms. The monoisotopic (exact) mass is 410 g/mol. The lowest BCUT2D eigenvalue weighted by Gasteiger charge is -2.06. The largest absolute Gasteiger partial charge is 0.322 e. The van der Waals surface area contributed by atoms with Gasteiger partial charge in [-0.2, -0.15) is 5.10 Å². The number of carbonyl (C=O) groups is 2. The van der Waals surface area contributed by atoms with Crippen molar-refractivity contribution in [3.05, 3.63) is 102 Å². The molecule has 1 heterocycles. The van der Waals surface area contributed by atoms with Crippen LogP contribution in [-0.2, 0) is 7.05 Å². The Labute approximate surface area is 180 Å². The van der Waals surface area contributed by atoms with E-state index in [2.05, 4.69) is 15.7 Å². The van der Waals surface area contributed by atoms with Crippen molar-refractivity contribution in [2.24, 2.45) is 7.05 Å². The molecule has 2 N–H and O–H groups in total. The minimum absolute atomic E-state index is 0.156. The van der Waals surface area contributed by atoms with Gasteiger partial charge in [-0.3, -0.25) is 14.3 Å². The number of nitrogens with zero attached hydrogens (tertiary/aromatic N) is 2. The van der Waals surface area contributed by atoms with Crippen molar-refractivity contribution in [2.45, 2.75) is 6.92 Å². The first-order valence-corrected chi connectivity index (χ1v) is 9.88. The third-order valence-electron chi connectivity index (χ3n) is 4.91. The lowest BCUT2D eigenvalue weighted by Crippen LogP contribution is -2.14. The summed E-state index contributed by atoms with van der Waals surface area (Å²) in [5.74, 6) is 0.251. The van der Waals surface area contributed by atoms with Crippen LogP contribution in [0.5, 0.6) is 0 Å². The van der Waals surface area contributed by atoms with Crippen LogP contribution < -0.4 is 10.6 Å². The van der Waals surface area contributed by atoms with Crippen molar-refractivity contribution < 1.29 is 9.59 Å². The SMILES string of the molecule is Cc1ccc(C(=O)Nc2ccc(-c3cc(NC(=O)c4ccccc4)n(C)n3)cc2)cc1. The Balaban J connectivity index is 1.45. The van der Waals surface area contributed by atoms with Crippen LogP contribution in [0.3, 0.4) is 0 Å². The van der Waals surface area contributed by atoms with Crippen LogP contribution in [0.15, 0.2) is 84.9 Å². The summed E-state index contributed by atoms with van der Waals surface area (Å²) in [4.78, 5) is 24.8. The summed E-state index contributed by atoms with van der Waals surface area (Å²) in [5.41, 5.74) is 4.60. The molecule has 0 unspecified atom stereocenters. The molecule has 31 heavy (non-hydrogen) atoms. The first-order chi connectivity index (χ1) is 15.0. The maximum Gasteiger partial charge on any atom is 0.256 e. The second-order valence-corrected chi connectivity index (χ2v) is 7.26. The second kappa shape index (κ2) is 8.67. The van der Waals surface area contributed by atoms with Gasteiger partial charge in [0, 0.05) is 35.5 Å². The Morgan fingerprint density at radius 1 is 0.774 bits per heavy atom. The fourth-order valence-corrected chi connectivity index (χ4v) is 3.14. The fourth-order valence-electron chi connectivity index (χ4n) is 3.14. The van der Waals surface area contributed by atoms with E-state index >= 15 is 0 Å². The summed E-state index contributed by atoms with van der Waals surface area (Å²) in [6.07, 6.45) is 0. The molecule has 0 saturated heterocycles. The predicted octanol–water partition coefficient (Wildman–Crippen LogP) is 4.90. The third kappa shape index (κ3) is 4.70. The first kappa shape index (κ1) is 20.1. The summed E-state index contributed by atoms with van der Waals surface area (Å²) < 4.78 is 1.63. The average Bonchev–Trinajstić information content (AvgIpc) is 3.15. The maximum absolute atomic E-state index is 12.4. The molecule has 3 aromatic carbocycles. The van der Waals surface area contributed by atoms with Gasteiger partial charge in [0.05, 0.1) is 5.69 Å². The first-order valence-electron chi connectivity index (χ1n) is 9.88. The van der Waals surface area contributed by atoms with Gasteiger partial charge in [-0.25, -0.2) is 0 Å². The van der Waals surface area contributed by atoms with Gasteiger partial charge < -0.3 is 10.6 Å². The van der Waals surface area contributed by atoms with E-state index in [4.69, 9.17) is 0 Å². The molecule has 0 fully saturated rings. The van der Waals surface area contributed by atoms with Gasteiger partial charge in [-0.05, 0) is 43.3 Å². The van der Waals surface area contributed by atoms with E-state index in [1.165, 1.54) is 0 Å². The number of amides is 2. The number of hydrogen-bond acceptors (Lipinski definition) is 3. The van der Waals surface area contributed by atoms with Crippen LogP contribution in [0.2, 0.25) is 0 Å². The lowest BCUT2D eigenvalue weighted by atomic mass is 10.1. The van der Waals surface area contributed by atoms with Crippen LogP contribution in [-0.4, -0.2) is 21.6 Å². The van der Waals surface area contributed by atoms with Crippen molar-refractivity contribution >= 4 is 23.3 Å². The second-order valence-electron chi connectivity index (χ2n) is 7.26. The minimum atomic E-state index is -0.190. The van der Waals surface area contributed by atoms with Gasteiger partial charge >= 0.3 is 0 Å². The number of benzene rings is 3. The van der Waals surface area contributed by atoms with E-state index in [0.29, 0.717) is 22.6 Å². The standard InChI is InChI=1S/C25H22N4O2/c1-17-8-10-20(11-9-17)24(30)26-21-14-12-18(13-15-21)22-16-23(29(2)28-22)27-25(31)19-6-4-3-5-7-19/h3-16H,1-2H3,(H,26,30)(H,27,31). The van der Waals surface area contributed by atoms with Gasteiger partial charge in [0.2, 0.25) is 0 Å². The summed E-state index contributed by atoms with van der Waals surface area (Å²) in [5, 5.41) is 10.3. The zero-order valence-corrected chi connectivity index (χ0v) is 17.3. The molecule has 1 aromatic heterocycles. The van der Waals surface area contributed by atoms with Gasteiger partial charge in [0.15, 0.2) is 0 Å². The maximum atomic E-state index is 12.4. The Bertz CT molecular complexity index is 1210. The summed E-state index contributed by atoms with van der Waals surface area (Å²) in [6, 6.07) is 25.7. The van der Waals surface area contributed by atoms with Gasteiger partial charge in [0.1, 0.15) is 5.82 Å². The fraction of sp³-hybridized carbons (Fsp3) is 0.0800. The van der Waals surface area contributed by atoms with Crippen LogP contribution in [0.25, 0.3) is 11.3 Å². The summed E-state index contributed by atoms with van der Waals surface area (Å²) in [6.45, 7) is 1.98. The summed E-state index contributed by atoms with van der Waals surface area (Å²) in [7, 11) is 1.78.